The maximum atomic E-state index is 13.5. The van der Waals surface area contributed by atoms with Crippen molar-refractivity contribution >= 4 is 26.8 Å². The van der Waals surface area contributed by atoms with Crippen molar-refractivity contribution < 1.29 is 18.3 Å². The van der Waals surface area contributed by atoms with Gasteiger partial charge in [-0.05, 0) is 32.0 Å². The molecule has 1 fully saturated rings. The number of sulfonamides is 1. The van der Waals surface area contributed by atoms with Crippen LogP contribution in [0.25, 0.3) is 28.2 Å². The Labute approximate surface area is 207 Å². The molecule has 4 heterocycles. The van der Waals surface area contributed by atoms with Gasteiger partial charge in [-0.3, -0.25) is 9.47 Å². The summed E-state index contributed by atoms with van der Waals surface area (Å²) >= 11 is 0. The number of nitrogens with one attached hydrogen (secondary N) is 1. The molecule has 0 saturated carbocycles. The number of hydrogen-bond donors (Lipinski definition) is 2. The van der Waals surface area contributed by atoms with Gasteiger partial charge in [0.25, 0.3) is 0 Å². The van der Waals surface area contributed by atoms with E-state index in [0.717, 1.165) is 0 Å². The molecule has 1 aliphatic heterocycles. The minimum absolute atomic E-state index is 0.0412. The van der Waals surface area contributed by atoms with Crippen LogP contribution in [0.2, 0.25) is 0 Å². The predicted octanol–water partition coefficient (Wildman–Crippen LogP) is 0.152. The lowest BCUT2D eigenvalue weighted by Crippen LogP contribution is -2.49. The zero-order valence-electron chi connectivity index (χ0n) is 20.1. The number of benzene rings is 1. The molecule has 0 atom stereocenters. The summed E-state index contributed by atoms with van der Waals surface area (Å²) in [5.41, 5.74) is 1.39. The van der Waals surface area contributed by atoms with Gasteiger partial charge in [0.05, 0.1) is 23.7 Å². The van der Waals surface area contributed by atoms with Crippen LogP contribution in [0, 0.1) is 0 Å². The highest BCUT2D eigenvalue weighted by Crippen LogP contribution is 2.33. The molecule has 5 rings (SSSR count). The van der Waals surface area contributed by atoms with Crippen LogP contribution >= 0.6 is 0 Å². The van der Waals surface area contributed by atoms with Crippen molar-refractivity contribution in [2.45, 2.75) is 25.3 Å². The van der Waals surface area contributed by atoms with E-state index in [-0.39, 0.29) is 17.2 Å². The van der Waals surface area contributed by atoms with E-state index in [1.807, 2.05) is 18.7 Å². The molecular formula is C22H28N8O5S. The number of hydrogen-bond acceptors (Lipinski definition) is 9. The van der Waals surface area contributed by atoms with Crippen molar-refractivity contribution in [2.24, 2.45) is 0 Å². The molecule has 1 aromatic carbocycles. The first kappa shape index (κ1) is 24.4. The molecule has 0 unspecified atom stereocenters. The first-order valence-corrected chi connectivity index (χ1v) is 13.3. The molecule has 36 heavy (non-hydrogen) atoms. The smallest absolute Gasteiger partial charge is 0.336 e. The first-order valence-electron chi connectivity index (χ1n) is 11.8. The number of nitrogens with zero attached hydrogens (tertiary/aromatic N) is 7. The summed E-state index contributed by atoms with van der Waals surface area (Å²) in [6.45, 7) is 6.77. The fraction of sp³-hybridized carbons (Fsp3) is 0.455. The molecule has 0 radical (unpaired) electrons. The predicted molar refractivity (Wildman–Crippen MR) is 131 cm³/mol. The molecule has 2 N–H and O–H groups in total. The van der Waals surface area contributed by atoms with Gasteiger partial charge in [-0.25, -0.2) is 22.6 Å². The summed E-state index contributed by atoms with van der Waals surface area (Å²) in [5, 5.41) is 17.1. The molecule has 0 spiro atoms. The second-order valence-corrected chi connectivity index (χ2v) is 10.3. The maximum Gasteiger partial charge on any atom is 0.336 e. The Bertz CT molecular complexity index is 1570. The Hall–Kier alpha value is -3.33. The number of piperazine rings is 1. The van der Waals surface area contributed by atoms with E-state index in [1.165, 1.54) is 25.7 Å². The monoisotopic (exact) mass is 516 g/mol. The van der Waals surface area contributed by atoms with Crippen molar-refractivity contribution in [1.29, 1.82) is 0 Å². The van der Waals surface area contributed by atoms with E-state index in [0.29, 0.717) is 79.8 Å². The molecular weight excluding hydrogens is 488 g/mol. The molecule has 0 amide bonds. The van der Waals surface area contributed by atoms with Gasteiger partial charge in [-0.15, -0.1) is 10.2 Å². The number of rotatable bonds is 8. The normalized spacial score (nSPS) is 15.8. The molecule has 14 heteroatoms. The summed E-state index contributed by atoms with van der Waals surface area (Å²) in [6.07, 6.45) is 1.35. The Morgan fingerprint density at radius 2 is 1.92 bits per heavy atom. The number of imidazole rings is 1. The summed E-state index contributed by atoms with van der Waals surface area (Å²) in [5.74, 6) is 0.821. The number of aryl methyl sites for hydroxylation is 1. The second kappa shape index (κ2) is 9.61. The zero-order chi connectivity index (χ0) is 25.4. The minimum Gasteiger partial charge on any atom is -0.493 e. The third-order valence-corrected chi connectivity index (χ3v) is 8.25. The third-order valence-electron chi connectivity index (χ3n) is 6.36. The van der Waals surface area contributed by atoms with Gasteiger partial charge < -0.3 is 14.8 Å². The number of aliphatic hydroxyl groups is 1. The fourth-order valence-electron chi connectivity index (χ4n) is 4.51. The van der Waals surface area contributed by atoms with E-state index in [9.17, 15) is 13.2 Å². The number of fused-ring (bicyclic) bond motifs is 3. The van der Waals surface area contributed by atoms with Crippen molar-refractivity contribution in [3.8, 4) is 17.1 Å². The minimum atomic E-state index is -3.77. The van der Waals surface area contributed by atoms with Crippen LogP contribution in [0.1, 0.15) is 13.8 Å². The average molecular weight is 517 g/mol. The molecule has 0 aliphatic carbocycles. The van der Waals surface area contributed by atoms with Gasteiger partial charge in [-0.1, -0.05) is 0 Å². The molecule has 1 aliphatic rings. The van der Waals surface area contributed by atoms with Gasteiger partial charge in [0, 0.05) is 39.3 Å². The first-order chi connectivity index (χ1) is 17.4. The maximum absolute atomic E-state index is 13.5. The summed E-state index contributed by atoms with van der Waals surface area (Å²) < 4.78 is 37.0. The topological polar surface area (TPSA) is 151 Å². The van der Waals surface area contributed by atoms with E-state index < -0.39 is 10.0 Å². The van der Waals surface area contributed by atoms with Crippen molar-refractivity contribution in [1.82, 2.24) is 38.3 Å². The van der Waals surface area contributed by atoms with Crippen molar-refractivity contribution in [3.05, 3.63) is 35.0 Å². The number of aromatic nitrogens is 6. The van der Waals surface area contributed by atoms with Crippen LogP contribution in [0.5, 0.6) is 5.75 Å². The van der Waals surface area contributed by atoms with Crippen LogP contribution in [-0.2, 0) is 16.6 Å². The Morgan fingerprint density at radius 3 is 2.61 bits per heavy atom. The highest BCUT2D eigenvalue weighted by Gasteiger charge is 2.29. The van der Waals surface area contributed by atoms with Crippen LogP contribution in [0.3, 0.4) is 0 Å². The lowest BCUT2D eigenvalue weighted by molar-refractivity contribution is 0.151. The molecule has 4 aromatic rings. The van der Waals surface area contributed by atoms with Gasteiger partial charge in [0.15, 0.2) is 11.3 Å². The lowest BCUT2D eigenvalue weighted by Gasteiger charge is -2.33. The Morgan fingerprint density at radius 1 is 1.14 bits per heavy atom. The van der Waals surface area contributed by atoms with Gasteiger partial charge in [-0.2, -0.15) is 4.31 Å². The lowest BCUT2D eigenvalue weighted by atomic mass is 10.2. The summed E-state index contributed by atoms with van der Waals surface area (Å²) in [6, 6.07) is 4.71. The van der Waals surface area contributed by atoms with Crippen molar-refractivity contribution in [2.75, 3.05) is 45.9 Å². The molecule has 3 aromatic heterocycles. The van der Waals surface area contributed by atoms with E-state index in [2.05, 4.69) is 20.2 Å². The average Bonchev–Trinajstić information content (AvgIpc) is 3.53. The van der Waals surface area contributed by atoms with Crippen molar-refractivity contribution in [3.63, 3.8) is 0 Å². The number of ether oxygens (including phenoxy) is 1. The molecule has 192 valence electrons. The second-order valence-electron chi connectivity index (χ2n) is 8.40. The van der Waals surface area contributed by atoms with Gasteiger partial charge in [0.1, 0.15) is 23.4 Å². The Kier molecular flexibility index (Phi) is 6.51. The van der Waals surface area contributed by atoms with E-state index in [4.69, 9.17) is 9.84 Å². The van der Waals surface area contributed by atoms with Crippen LogP contribution < -0.4 is 10.4 Å². The third kappa shape index (κ3) is 4.05. The standard InChI is InChI=1S/C22H28N8O5S/c1-3-29-20-18(21-26-23-14-30(21)22(29)32)24-19(25-20)16-13-15(5-6-17(16)35-4-2)36(33,34)28-9-7-27(8-10-28)11-12-31/h5-6,13-14,31H,3-4,7-12H2,1-2H3,(H,24,25). The number of H-pyrrole nitrogens is 1. The van der Waals surface area contributed by atoms with Crippen LogP contribution in [0.4, 0.5) is 0 Å². The molecule has 1 saturated heterocycles. The summed E-state index contributed by atoms with van der Waals surface area (Å²) in [7, 11) is -3.77. The zero-order valence-corrected chi connectivity index (χ0v) is 20.9. The van der Waals surface area contributed by atoms with Gasteiger partial charge >= 0.3 is 5.69 Å². The highest BCUT2D eigenvalue weighted by atomic mass is 32.2. The fourth-order valence-corrected chi connectivity index (χ4v) is 5.96. The van der Waals surface area contributed by atoms with E-state index in [1.54, 1.807) is 12.1 Å². The Balaban J connectivity index is 1.60. The SMILES string of the molecule is CCOc1ccc(S(=O)(=O)N2CCN(CCO)CC2)cc1-c1nc2c([nH]1)c1nncn1c(=O)n2CC. The largest absolute Gasteiger partial charge is 0.493 e. The van der Waals surface area contributed by atoms with E-state index >= 15 is 0 Å². The molecule has 13 nitrogen and oxygen atoms in total. The summed E-state index contributed by atoms with van der Waals surface area (Å²) in [4.78, 5) is 22.9. The molecule has 0 bridgehead atoms. The highest BCUT2D eigenvalue weighted by molar-refractivity contribution is 7.89. The van der Waals surface area contributed by atoms with Crippen LogP contribution in [0.15, 0.2) is 34.2 Å². The number of aliphatic hydroxyl groups excluding tert-OH is 1. The number of β-amino-alcohol motifs (C(OH)–C–C–N with tert-alkyl or cyclic N) is 1. The quantitative estimate of drug-likeness (QED) is 0.333. The number of aromatic amines is 1. The van der Waals surface area contributed by atoms with Crippen LogP contribution in [-0.4, -0.2) is 97.8 Å². The van der Waals surface area contributed by atoms with Gasteiger partial charge in [0.2, 0.25) is 10.0 Å².